The highest BCUT2D eigenvalue weighted by Crippen LogP contribution is 2.60. The van der Waals surface area contributed by atoms with Crippen LogP contribution in [0.3, 0.4) is 0 Å². The molecule has 2 bridgehead atoms. The van der Waals surface area contributed by atoms with Crippen LogP contribution in [-0.4, -0.2) is 41.6 Å². The summed E-state index contributed by atoms with van der Waals surface area (Å²) in [6, 6.07) is 9.80. The summed E-state index contributed by atoms with van der Waals surface area (Å²) in [5.74, 6) is 1.15. The molecule has 3 aliphatic carbocycles. The summed E-state index contributed by atoms with van der Waals surface area (Å²) in [6.07, 6.45) is 7.61. The fourth-order valence-corrected chi connectivity index (χ4v) is 6.23. The number of benzene rings is 1. The summed E-state index contributed by atoms with van der Waals surface area (Å²) in [6.45, 7) is 8.88. The molecule has 3 fully saturated rings. The number of carbonyl (C=O) groups excluding carboxylic acids is 1. The molecule has 1 saturated heterocycles. The summed E-state index contributed by atoms with van der Waals surface area (Å²) in [7, 11) is 0. The van der Waals surface area contributed by atoms with Gasteiger partial charge in [0.1, 0.15) is 12.7 Å². The smallest absolute Gasteiger partial charge is 0.410 e. The molecule has 0 spiro atoms. The van der Waals surface area contributed by atoms with Crippen LogP contribution in [0.5, 0.6) is 0 Å². The number of nitrogens with zero attached hydrogens (tertiary/aromatic N) is 1. The summed E-state index contributed by atoms with van der Waals surface area (Å²) < 4.78 is 18.6. The molecule has 31 heavy (non-hydrogen) atoms. The second-order valence-electron chi connectivity index (χ2n) is 10.1. The van der Waals surface area contributed by atoms with E-state index in [2.05, 4.69) is 32.1 Å². The van der Waals surface area contributed by atoms with Crippen molar-refractivity contribution in [2.24, 2.45) is 23.7 Å². The Labute approximate surface area is 185 Å². The molecule has 0 radical (unpaired) electrons. The number of amides is 1. The van der Waals surface area contributed by atoms with Gasteiger partial charge in [0.15, 0.2) is 5.79 Å². The average Bonchev–Trinajstić information content (AvgIpc) is 3.46. The van der Waals surface area contributed by atoms with Crippen molar-refractivity contribution in [3.63, 3.8) is 0 Å². The minimum absolute atomic E-state index is 0.0288. The lowest BCUT2D eigenvalue weighted by Crippen LogP contribution is -2.50. The molecule has 2 saturated carbocycles. The number of hydrogen-bond acceptors (Lipinski definition) is 4. The van der Waals surface area contributed by atoms with Crippen molar-refractivity contribution in [2.75, 3.05) is 6.54 Å². The molecule has 5 rings (SSSR count). The zero-order valence-electron chi connectivity index (χ0n) is 18.9. The zero-order valence-corrected chi connectivity index (χ0v) is 18.9. The third-order valence-electron chi connectivity index (χ3n) is 7.35. The quantitative estimate of drug-likeness (QED) is 0.630. The van der Waals surface area contributed by atoms with Gasteiger partial charge in [-0.05, 0) is 63.4 Å². The molecular formula is C26H33NO4. The molecule has 0 N–H and O–H groups in total. The minimum Gasteiger partial charge on any atom is -0.445 e. The molecule has 5 nitrogen and oxygen atoms in total. The first-order chi connectivity index (χ1) is 14.8. The first-order valence-electron chi connectivity index (χ1n) is 11.5. The Hall–Kier alpha value is -2.11. The van der Waals surface area contributed by atoms with E-state index in [9.17, 15) is 4.79 Å². The highest BCUT2D eigenvalue weighted by molar-refractivity contribution is 5.69. The maximum atomic E-state index is 13.4. The molecule has 0 unspecified atom stereocenters. The Kier molecular flexibility index (Phi) is 5.22. The summed E-state index contributed by atoms with van der Waals surface area (Å²) >= 11 is 0. The highest BCUT2D eigenvalue weighted by Gasteiger charge is 2.67. The Morgan fingerprint density at radius 2 is 1.77 bits per heavy atom. The second-order valence-corrected chi connectivity index (χ2v) is 10.1. The fraction of sp³-hybridized carbons (Fsp3) is 0.577. The Morgan fingerprint density at radius 3 is 2.48 bits per heavy atom. The van der Waals surface area contributed by atoms with Crippen molar-refractivity contribution >= 4 is 6.09 Å². The topological polar surface area (TPSA) is 48.0 Å². The normalized spacial score (nSPS) is 36.2. The molecule has 166 valence electrons. The third-order valence-corrected chi connectivity index (χ3v) is 7.35. The van der Waals surface area contributed by atoms with Gasteiger partial charge < -0.3 is 14.2 Å². The molecule has 5 heteroatoms. The predicted molar refractivity (Wildman–Crippen MR) is 118 cm³/mol. The van der Waals surface area contributed by atoms with E-state index in [4.69, 9.17) is 14.2 Å². The van der Waals surface area contributed by atoms with Crippen LogP contribution in [-0.2, 0) is 20.8 Å². The molecule has 7 atom stereocenters. The lowest BCUT2D eigenvalue weighted by atomic mass is 9.83. The van der Waals surface area contributed by atoms with E-state index in [0.29, 0.717) is 30.2 Å². The van der Waals surface area contributed by atoms with Crippen molar-refractivity contribution in [2.45, 2.75) is 64.8 Å². The number of carbonyl (C=O) groups is 1. The third kappa shape index (κ3) is 3.72. The molecule has 0 aromatic heterocycles. The largest absolute Gasteiger partial charge is 0.445 e. The number of ether oxygens (including phenoxy) is 3. The van der Waals surface area contributed by atoms with Gasteiger partial charge in [-0.1, -0.05) is 54.1 Å². The van der Waals surface area contributed by atoms with Gasteiger partial charge in [0.25, 0.3) is 0 Å². The van der Waals surface area contributed by atoms with E-state index in [1.165, 1.54) is 5.57 Å². The van der Waals surface area contributed by atoms with E-state index in [0.717, 1.165) is 12.0 Å². The highest BCUT2D eigenvalue weighted by atomic mass is 16.8. The molecule has 1 heterocycles. The first-order valence-corrected chi connectivity index (χ1v) is 11.5. The number of fused-ring (bicyclic) bond motifs is 7. The SMILES string of the molecule is CC(C)=CCN(C(=O)OCc1ccccc1)[C@H]1[C@@H]2OC(C)(C)O[C@@H]2[C@@H]2[C@H]1[C@H]1C=C[C@@H]2C1. The van der Waals surface area contributed by atoms with Gasteiger partial charge in [-0.25, -0.2) is 4.79 Å². The Morgan fingerprint density at radius 1 is 1.10 bits per heavy atom. The van der Waals surface area contributed by atoms with Gasteiger partial charge in [0, 0.05) is 6.54 Å². The van der Waals surface area contributed by atoms with E-state index < -0.39 is 5.79 Å². The number of allylic oxidation sites excluding steroid dienone is 3. The van der Waals surface area contributed by atoms with Crippen LogP contribution in [0.2, 0.25) is 0 Å². The van der Waals surface area contributed by atoms with Gasteiger partial charge in [0.05, 0.1) is 12.1 Å². The van der Waals surface area contributed by atoms with Gasteiger partial charge >= 0.3 is 6.09 Å². The predicted octanol–water partition coefficient (Wildman–Crippen LogP) is 4.93. The van der Waals surface area contributed by atoms with Crippen molar-refractivity contribution in [1.82, 2.24) is 4.90 Å². The van der Waals surface area contributed by atoms with Gasteiger partial charge in [-0.3, -0.25) is 4.90 Å². The Balaban J connectivity index is 1.43. The standard InChI is InChI=1S/C26H33NO4/c1-16(2)12-13-27(25(28)29-15-17-8-6-5-7-9-17)22-20-18-10-11-19(14-18)21(20)23-24(22)31-26(3,4)30-23/h5-12,18-24H,13-15H2,1-4H3/t18-,19+,20+,21-,22+,23+,24-/m0/s1. The lowest BCUT2D eigenvalue weighted by molar-refractivity contribution is -0.168. The van der Waals surface area contributed by atoms with Crippen molar-refractivity contribution in [1.29, 1.82) is 0 Å². The maximum Gasteiger partial charge on any atom is 0.410 e. The van der Waals surface area contributed by atoms with E-state index in [1.807, 2.05) is 49.1 Å². The van der Waals surface area contributed by atoms with E-state index in [1.54, 1.807) is 0 Å². The average molecular weight is 424 g/mol. The second kappa shape index (κ2) is 7.79. The summed E-state index contributed by atoms with van der Waals surface area (Å²) in [5.41, 5.74) is 2.17. The van der Waals surface area contributed by atoms with Crippen molar-refractivity contribution in [3.05, 3.63) is 59.7 Å². The van der Waals surface area contributed by atoms with Crippen LogP contribution in [0, 0.1) is 23.7 Å². The van der Waals surface area contributed by atoms with Gasteiger partial charge in [-0.2, -0.15) is 0 Å². The Bertz CT molecular complexity index is 888. The first kappa shape index (κ1) is 20.8. The van der Waals surface area contributed by atoms with Gasteiger partial charge in [0.2, 0.25) is 0 Å². The monoisotopic (exact) mass is 423 g/mol. The minimum atomic E-state index is -0.625. The maximum absolute atomic E-state index is 13.4. The molecule has 4 aliphatic rings. The molecular weight excluding hydrogens is 390 g/mol. The molecule has 1 amide bonds. The van der Waals surface area contributed by atoms with Crippen LogP contribution in [0.4, 0.5) is 4.79 Å². The van der Waals surface area contributed by atoms with Crippen LogP contribution >= 0.6 is 0 Å². The lowest BCUT2D eigenvalue weighted by Gasteiger charge is -2.37. The molecule has 1 aromatic rings. The van der Waals surface area contributed by atoms with Gasteiger partial charge in [-0.15, -0.1) is 0 Å². The van der Waals surface area contributed by atoms with Crippen LogP contribution in [0.25, 0.3) is 0 Å². The van der Waals surface area contributed by atoms with Crippen LogP contribution in [0.1, 0.15) is 39.7 Å². The molecule has 1 aliphatic heterocycles. The van der Waals surface area contributed by atoms with Crippen molar-refractivity contribution in [3.8, 4) is 0 Å². The number of hydrogen-bond donors (Lipinski definition) is 0. The zero-order chi connectivity index (χ0) is 21.8. The van der Waals surface area contributed by atoms with Crippen LogP contribution < -0.4 is 0 Å². The fourth-order valence-electron chi connectivity index (χ4n) is 6.23. The van der Waals surface area contributed by atoms with E-state index >= 15 is 0 Å². The van der Waals surface area contributed by atoms with E-state index in [-0.39, 0.29) is 30.9 Å². The number of rotatable bonds is 5. The summed E-state index contributed by atoms with van der Waals surface area (Å²) in [5, 5.41) is 0. The van der Waals surface area contributed by atoms with Crippen molar-refractivity contribution < 1.29 is 19.0 Å². The molecule has 1 aromatic carbocycles. The summed E-state index contributed by atoms with van der Waals surface area (Å²) in [4.78, 5) is 15.3. The van der Waals surface area contributed by atoms with Crippen LogP contribution in [0.15, 0.2) is 54.1 Å².